The Morgan fingerprint density at radius 3 is 2.43 bits per heavy atom. The van der Waals surface area contributed by atoms with E-state index in [9.17, 15) is 18.3 Å². The van der Waals surface area contributed by atoms with Gasteiger partial charge in [0.15, 0.2) is 6.23 Å². The van der Waals surface area contributed by atoms with E-state index in [1.165, 1.54) is 42.7 Å². The van der Waals surface area contributed by atoms with E-state index in [2.05, 4.69) is 21.0 Å². The number of halogens is 3. The fourth-order valence-electron chi connectivity index (χ4n) is 5.13. The van der Waals surface area contributed by atoms with Gasteiger partial charge in [0.1, 0.15) is 5.75 Å². The summed E-state index contributed by atoms with van der Waals surface area (Å²) in [7, 11) is 0. The lowest BCUT2D eigenvalue weighted by molar-refractivity contribution is -0.274. The van der Waals surface area contributed by atoms with Crippen LogP contribution in [-0.4, -0.2) is 23.6 Å². The van der Waals surface area contributed by atoms with Crippen LogP contribution in [0.25, 0.3) is 0 Å². The Morgan fingerprint density at radius 1 is 1.00 bits per heavy atom. The summed E-state index contributed by atoms with van der Waals surface area (Å²) in [6.07, 6.45) is -0.0262. The molecule has 0 amide bonds. The van der Waals surface area contributed by atoms with Gasteiger partial charge in [0, 0.05) is 29.4 Å². The van der Waals surface area contributed by atoms with Crippen LogP contribution in [0.15, 0.2) is 48.5 Å². The Morgan fingerprint density at radius 2 is 1.73 bits per heavy atom. The van der Waals surface area contributed by atoms with E-state index in [-0.39, 0.29) is 17.8 Å². The summed E-state index contributed by atoms with van der Waals surface area (Å²) >= 11 is 0. The third-order valence-electron chi connectivity index (χ3n) is 6.53. The van der Waals surface area contributed by atoms with E-state index >= 15 is 0 Å². The van der Waals surface area contributed by atoms with Crippen LogP contribution in [0.1, 0.15) is 55.5 Å². The fraction of sp³-hybridized carbons (Fsp3) is 0.478. The summed E-state index contributed by atoms with van der Waals surface area (Å²) < 4.78 is 41.3. The predicted octanol–water partition coefficient (Wildman–Crippen LogP) is 5.06. The first kappa shape index (κ1) is 19.7. The number of hydrogen-bond acceptors (Lipinski definition) is 4. The third-order valence-corrected chi connectivity index (χ3v) is 6.53. The van der Waals surface area contributed by atoms with Crippen LogP contribution in [0.3, 0.4) is 0 Å². The van der Waals surface area contributed by atoms with Crippen LogP contribution in [0, 0.1) is 5.92 Å². The summed E-state index contributed by atoms with van der Waals surface area (Å²) in [4.78, 5) is 2.07. The Labute approximate surface area is 173 Å². The maximum absolute atomic E-state index is 12.4. The van der Waals surface area contributed by atoms with Crippen molar-refractivity contribution in [3.63, 3.8) is 0 Å². The molecule has 2 aliphatic carbocycles. The molecule has 0 radical (unpaired) electrons. The zero-order chi connectivity index (χ0) is 20.9. The molecule has 0 saturated heterocycles. The van der Waals surface area contributed by atoms with Crippen molar-refractivity contribution in [2.24, 2.45) is 5.92 Å². The molecule has 2 N–H and O–H groups in total. The zero-order valence-electron chi connectivity index (χ0n) is 16.5. The van der Waals surface area contributed by atoms with Gasteiger partial charge in [-0.15, -0.1) is 13.2 Å². The van der Waals surface area contributed by atoms with Crippen molar-refractivity contribution in [3.8, 4) is 5.75 Å². The Balaban J connectivity index is 1.46. The van der Waals surface area contributed by atoms with Gasteiger partial charge in [0.2, 0.25) is 0 Å². The topological polar surface area (TPSA) is 44.7 Å². The van der Waals surface area contributed by atoms with Crippen LogP contribution >= 0.6 is 0 Å². The minimum atomic E-state index is -4.73. The van der Waals surface area contributed by atoms with Gasteiger partial charge in [-0.1, -0.05) is 36.8 Å². The lowest BCUT2D eigenvalue weighted by Crippen LogP contribution is -2.49. The van der Waals surface area contributed by atoms with E-state index in [1.54, 1.807) is 0 Å². The van der Waals surface area contributed by atoms with Crippen molar-refractivity contribution >= 4 is 5.69 Å². The van der Waals surface area contributed by atoms with Gasteiger partial charge in [-0.2, -0.15) is 0 Å². The molecule has 4 unspecified atom stereocenters. The normalized spacial score (nSPS) is 26.8. The molecule has 30 heavy (non-hydrogen) atoms. The van der Waals surface area contributed by atoms with Crippen LogP contribution in [-0.2, 0) is 0 Å². The standard InChI is InChI=1S/C23H25F3N2O2/c24-23(25,26)30-16-12-8-14(9-13-16)22(29)28-19-6-2-1-4-17(19)21(27-15-10-11-15)18-5-3-7-20(18)28/h1-2,4,6,8-9,12-13,15,18,20-22,27,29H,3,5,7,10-11H2. The van der Waals surface area contributed by atoms with Gasteiger partial charge in [0.05, 0.1) is 0 Å². The van der Waals surface area contributed by atoms with Gasteiger partial charge < -0.3 is 20.1 Å². The lowest BCUT2D eigenvalue weighted by atomic mass is 9.82. The first-order valence-corrected chi connectivity index (χ1v) is 10.6. The van der Waals surface area contributed by atoms with Gasteiger partial charge in [-0.05, 0) is 55.4 Å². The number of anilines is 1. The molecule has 2 aromatic rings. The quantitative estimate of drug-likeness (QED) is 0.713. The number of ether oxygens (including phenoxy) is 1. The second-order valence-electron chi connectivity index (χ2n) is 8.54. The molecule has 0 spiro atoms. The Kier molecular flexibility index (Phi) is 4.90. The van der Waals surface area contributed by atoms with Crippen LogP contribution in [0.2, 0.25) is 0 Å². The zero-order valence-corrected chi connectivity index (χ0v) is 16.5. The minimum Gasteiger partial charge on any atom is -0.406 e. The predicted molar refractivity (Wildman–Crippen MR) is 107 cm³/mol. The molecule has 1 heterocycles. The van der Waals surface area contributed by atoms with Crippen LogP contribution < -0.4 is 15.0 Å². The molecule has 0 aromatic heterocycles. The molecule has 7 heteroatoms. The van der Waals surface area contributed by atoms with Gasteiger partial charge in [0.25, 0.3) is 0 Å². The van der Waals surface area contributed by atoms with Crippen molar-refractivity contribution in [3.05, 3.63) is 59.7 Å². The van der Waals surface area contributed by atoms with Gasteiger partial charge in [-0.3, -0.25) is 0 Å². The highest BCUT2D eigenvalue weighted by Crippen LogP contribution is 2.50. The minimum absolute atomic E-state index is 0.192. The Bertz CT molecular complexity index is 898. The molecular formula is C23H25F3N2O2. The van der Waals surface area contributed by atoms with Crippen molar-refractivity contribution in [1.29, 1.82) is 0 Å². The van der Waals surface area contributed by atoms with E-state index in [1.807, 2.05) is 18.2 Å². The number of alkyl halides is 3. The van der Waals surface area contributed by atoms with Crippen LogP contribution in [0.4, 0.5) is 18.9 Å². The van der Waals surface area contributed by atoms with E-state index in [4.69, 9.17) is 0 Å². The second-order valence-corrected chi connectivity index (χ2v) is 8.54. The molecule has 2 aromatic carbocycles. The van der Waals surface area contributed by atoms with E-state index < -0.39 is 12.6 Å². The molecular weight excluding hydrogens is 393 g/mol. The van der Waals surface area contributed by atoms with Crippen molar-refractivity contribution in [1.82, 2.24) is 5.32 Å². The molecule has 160 valence electrons. The average molecular weight is 418 g/mol. The highest BCUT2D eigenvalue weighted by molar-refractivity contribution is 5.60. The lowest BCUT2D eigenvalue weighted by Gasteiger charge is -2.47. The number of fused-ring (bicyclic) bond motifs is 2. The summed E-state index contributed by atoms with van der Waals surface area (Å²) in [6.45, 7) is 0. The van der Waals surface area contributed by atoms with Crippen molar-refractivity contribution in [2.75, 3.05) is 4.90 Å². The van der Waals surface area contributed by atoms with Crippen molar-refractivity contribution < 1.29 is 23.0 Å². The number of hydrogen-bond donors (Lipinski definition) is 2. The third kappa shape index (κ3) is 3.76. The molecule has 1 aliphatic heterocycles. The van der Waals surface area contributed by atoms with Gasteiger partial charge in [-0.25, -0.2) is 0 Å². The molecule has 5 rings (SSSR count). The number of benzene rings is 2. The highest BCUT2D eigenvalue weighted by Gasteiger charge is 2.46. The summed E-state index contributed by atoms with van der Waals surface area (Å²) in [6, 6.07) is 14.8. The number of nitrogens with zero attached hydrogens (tertiary/aromatic N) is 1. The maximum Gasteiger partial charge on any atom is 0.573 e. The molecule has 2 fully saturated rings. The number of aliphatic hydroxyl groups is 1. The van der Waals surface area contributed by atoms with Gasteiger partial charge >= 0.3 is 6.36 Å². The summed E-state index contributed by atoms with van der Waals surface area (Å²) in [5.74, 6) is 0.118. The highest BCUT2D eigenvalue weighted by atomic mass is 19.4. The molecule has 4 nitrogen and oxygen atoms in total. The van der Waals surface area contributed by atoms with E-state index in [0.717, 1.165) is 24.9 Å². The fourth-order valence-corrected chi connectivity index (χ4v) is 5.13. The molecule has 2 saturated carbocycles. The maximum atomic E-state index is 12.4. The first-order valence-electron chi connectivity index (χ1n) is 10.6. The largest absolute Gasteiger partial charge is 0.573 e. The smallest absolute Gasteiger partial charge is 0.406 e. The first-order chi connectivity index (χ1) is 14.4. The second kappa shape index (κ2) is 7.46. The summed E-state index contributed by atoms with van der Waals surface area (Å²) in [5, 5.41) is 15.1. The number of rotatable bonds is 5. The SMILES string of the molecule is OC(c1ccc(OC(F)(F)F)cc1)N1c2ccccc2C(NC2CC2)C2CCCC21. The number of aliphatic hydroxyl groups excluding tert-OH is 1. The molecule has 4 atom stereocenters. The Hall–Kier alpha value is -2.25. The summed E-state index contributed by atoms with van der Waals surface area (Å²) in [5.41, 5.74) is 2.75. The molecule has 3 aliphatic rings. The monoisotopic (exact) mass is 418 g/mol. The van der Waals surface area contributed by atoms with E-state index in [0.29, 0.717) is 17.5 Å². The molecule has 0 bridgehead atoms. The van der Waals surface area contributed by atoms with Crippen LogP contribution in [0.5, 0.6) is 5.75 Å². The average Bonchev–Trinajstić information content (AvgIpc) is 3.40. The number of para-hydroxylation sites is 1. The number of nitrogens with one attached hydrogen (secondary N) is 1. The van der Waals surface area contributed by atoms with Crippen molar-refractivity contribution in [2.45, 2.75) is 62.8 Å².